The van der Waals surface area contributed by atoms with Crippen LogP contribution < -0.4 is 10.6 Å². The highest BCUT2D eigenvalue weighted by Crippen LogP contribution is 2.60. The first-order valence-corrected chi connectivity index (χ1v) is 15.8. The van der Waals surface area contributed by atoms with Crippen LogP contribution in [0.15, 0.2) is 73.1 Å². The number of hydrogen-bond acceptors (Lipinski definition) is 6. The van der Waals surface area contributed by atoms with Crippen LogP contribution in [0.2, 0.25) is 0 Å². The summed E-state index contributed by atoms with van der Waals surface area (Å²) < 4.78 is 48.7. The summed E-state index contributed by atoms with van der Waals surface area (Å²) in [6.45, 7) is 0.270. The molecule has 2 aliphatic heterocycles. The normalized spacial score (nSPS) is 19.8. The Balaban J connectivity index is 1.18. The molecule has 1 aromatic heterocycles. The Hall–Kier alpha value is -4.72. The minimum absolute atomic E-state index is 0.0474. The Morgan fingerprint density at radius 1 is 0.958 bits per heavy atom. The lowest BCUT2D eigenvalue weighted by Crippen LogP contribution is -2.66. The Labute approximate surface area is 275 Å². The number of nitrogens with one attached hydrogen (secondary N) is 2. The summed E-state index contributed by atoms with van der Waals surface area (Å²) in [6.07, 6.45) is -2.15. The summed E-state index contributed by atoms with van der Waals surface area (Å²) in [5.74, 6) is -3.33. The zero-order valence-corrected chi connectivity index (χ0v) is 26.4. The minimum atomic E-state index is -4.66. The van der Waals surface area contributed by atoms with E-state index < -0.39 is 52.6 Å². The summed E-state index contributed by atoms with van der Waals surface area (Å²) in [4.78, 5) is 56.0. The van der Waals surface area contributed by atoms with E-state index in [1.807, 2.05) is 60.7 Å². The molecule has 3 fully saturated rings. The quantitative estimate of drug-likeness (QED) is 0.324. The van der Waals surface area contributed by atoms with E-state index in [0.717, 1.165) is 16.0 Å². The van der Waals surface area contributed by atoms with Crippen molar-refractivity contribution in [3.05, 3.63) is 89.7 Å². The third-order valence-corrected chi connectivity index (χ3v) is 9.60. The molecule has 3 heterocycles. The first kappa shape index (κ1) is 33.2. The number of benzene rings is 2. The molecule has 2 saturated heterocycles. The largest absolute Gasteiger partial charge is 0.403 e. The lowest BCUT2D eigenvalue weighted by molar-refractivity contribution is -0.205. The molecule has 2 atom stereocenters. The highest BCUT2D eigenvalue weighted by molar-refractivity contribution is 5.96. The van der Waals surface area contributed by atoms with Gasteiger partial charge in [0.05, 0.1) is 37.4 Å². The third-order valence-electron chi connectivity index (χ3n) is 9.60. The van der Waals surface area contributed by atoms with E-state index in [4.69, 9.17) is 4.74 Å². The lowest BCUT2D eigenvalue weighted by Gasteiger charge is -2.51. The number of likely N-dealkylation sites (N-methyl/N-ethyl adjacent to an activating group) is 1. The number of alkyl halides is 3. The van der Waals surface area contributed by atoms with Crippen molar-refractivity contribution in [2.24, 2.45) is 16.7 Å². The van der Waals surface area contributed by atoms with E-state index >= 15 is 0 Å². The van der Waals surface area contributed by atoms with E-state index in [1.54, 1.807) is 10.9 Å². The van der Waals surface area contributed by atoms with Crippen LogP contribution in [-0.4, -0.2) is 95.3 Å². The number of ether oxygens (including phenoxy) is 1. The number of halogens is 3. The van der Waals surface area contributed by atoms with Gasteiger partial charge in [-0.05, 0) is 24.0 Å². The van der Waals surface area contributed by atoms with E-state index in [9.17, 15) is 32.3 Å². The second-order valence-corrected chi connectivity index (χ2v) is 12.9. The molecule has 11 nitrogen and oxygen atoms in total. The number of carbonyl (C=O) groups excluding carboxylic acids is 4. The Morgan fingerprint density at radius 3 is 2.19 bits per heavy atom. The summed E-state index contributed by atoms with van der Waals surface area (Å²) in [6, 6.07) is 17.8. The number of amides is 4. The lowest BCUT2D eigenvalue weighted by atomic mass is 9.70. The van der Waals surface area contributed by atoms with E-state index in [2.05, 4.69) is 15.7 Å². The van der Waals surface area contributed by atoms with Gasteiger partial charge < -0.3 is 25.2 Å². The average Bonchev–Trinajstić information content (AvgIpc) is 3.61. The molecular formula is C34H37F3N6O5. The average molecular weight is 667 g/mol. The van der Waals surface area contributed by atoms with Crippen molar-refractivity contribution in [1.29, 1.82) is 0 Å². The van der Waals surface area contributed by atoms with Crippen molar-refractivity contribution in [2.45, 2.75) is 38.2 Å². The predicted octanol–water partition coefficient (Wildman–Crippen LogP) is 2.62. The predicted molar refractivity (Wildman–Crippen MR) is 166 cm³/mol. The second-order valence-electron chi connectivity index (χ2n) is 12.9. The van der Waals surface area contributed by atoms with Gasteiger partial charge in [-0.25, -0.2) is 0 Å². The number of rotatable bonds is 11. The van der Waals surface area contributed by atoms with Crippen LogP contribution in [0, 0.1) is 16.7 Å². The van der Waals surface area contributed by atoms with Crippen LogP contribution in [0.4, 0.5) is 13.2 Å². The number of likely N-dealkylation sites (tertiary alicyclic amines) is 2. The van der Waals surface area contributed by atoms with Gasteiger partial charge in [-0.3, -0.25) is 23.9 Å². The molecule has 6 rings (SSSR count). The van der Waals surface area contributed by atoms with Crippen molar-refractivity contribution in [3.8, 4) is 0 Å². The molecular weight excluding hydrogens is 629 g/mol. The smallest absolute Gasteiger partial charge is 0.374 e. The molecule has 0 radical (unpaired) electrons. The van der Waals surface area contributed by atoms with Crippen LogP contribution in [-0.2, 0) is 32.3 Å². The van der Waals surface area contributed by atoms with Gasteiger partial charge in [-0.1, -0.05) is 60.7 Å². The molecule has 48 heavy (non-hydrogen) atoms. The van der Waals surface area contributed by atoms with Crippen LogP contribution in [0.3, 0.4) is 0 Å². The first-order chi connectivity index (χ1) is 22.9. The van der Waals surface area contributed by atoms with Crippen LogP contribution in [0.25, 0.3) is 0 Å². The fourth-order valence-corrected chi connectivity index (χ4v) is 6.72. The molecule has 3 aliphatic rings. The standard InChI is InChI=1S/C34H37F3N6O5/c1-38-29(45)27(19-48-18-24-10-6-3-7-11-24)40-28(44)26-17-41(30(46)25-14-39-43(16-25)15-23-8-4-2-5-9-23)20-32(26)21-42(22-32)31(47)33(12-13-33)34(35,36)37/h2-11,14,16,26-27H,12-13,15,17-22H2,1H3,(H,38,45)(H,40,44)/t26-,27?/m0/s1. The Kier molecular flexibility index (Phi) is 9.03. The summed E-state index contributed by atoms with van der Waals surface area (Å²) in [5, 5.41) is 9.58. The van der Waals surface area contributed by atoms with Crippen molar-refractivity contribution in [2.75, 3.05) is 39.8 Å². The van der Waals surface area contributed by atoms with E-state index in [-0.39, 0.29) is 52.2 Å². The zero-order chi connectivity index (χ0) is 34.1. The highest BCUT2D eigenvalue weighted by atomic mass is 19.4. The third kappa shape index (κ3) is 6.53. The second kappa shape index (κ2) is 13.1. The van der Waals surface area contributed by atoms with Crippen LogP contribution >= 0.6 is 0 Å². The number of carbonyl (C=O) groups is 4. The van der Waals surface area contributed by atoms with Gasteiger partial charge in [0.1, 0.15) is 11.5 Å². The molecule has 1 aliphatic carbocycles. The van der Waals surface area contributed by atoms with Crippen LogP contribution in [0.5, 0.6) is 0 Å². The van der Waals surface area contributed by atoms with E-state index in [0.29, 0.717) is 12.1 Å². The Morgan fingerprint density at radius 2 is 1.58 bits per heavy atom. The zero-order valence-electron chi connectivity index (χ0n) is 26.4. The SMILES string of the molecule is CNC(=O)C(COCc1ccccc1)NC(=O)[C@@H]1CN(C(=O)c2cnn(Cc3ccccc3)c2)CC12CN(C(=O)C1(C(F)(F)F)CC1)C2. The van der Waals surface area contributed by atoms with Gasteiger partial charge in [-0.2, -0.15) is 18.3 Å². The number of aromatic nitrogens is 2. The number of hydrogen-bond donors (Lipinski definition) is 2. The molecule has 14 heteroatoms. The highest BCUT2D eigenvalue weighted by Gasteiger charge is 2.71. The maximum Gasteiger partial charge on any atom is 0.403 e. The first-order valence-electron chi connectivity index (χ1n) is 15.8. The topological polar surface area (TPSA) is 126 Å². The van der Waals surface area contributed by atoms with Gasteiger partial charge in [0.15, 0.2) is 0 Å². The van der Waals surface area contributed by atoms with Gasteiger partial charge in [0.2, 0.25) is 17.7 Å². The summed E-state index contributed by atoms with van der Waals surface area (Å²) in [5.41, 5.74) is -1.21. The molecule has 1 saturated carbocycles. The Bertz CT molecular complexity index is 1650. The molecule has 1 unspecified atom stereocenters. The molecule has 254 valence electrons. The molecule has 4 amide bonds. The fourth-order valence-electron chi connectivity index (χ4n) is 6.72. The number of nitrogens with zero attached hydrogens (tertiary/aromatic N) is 4. The van der Waals surface area contributed by atoms with Gasteiger partial charge in [0, 0.05) is 44.8 Å². The van der Waals surface area contributed by atoms with Gasteiger partial charge in [-0.15, -0.1) is 0 Å². The maximum atomic E-state index is 13.9. The van der Waals surface area contributed by atoms with Crippen LogP contribution in [0.1, 0.15) is 34.3 Å². The van der Waals surface area contributed by atoms with Gasteiger partial charge in [0.25, 0.3) is 5.91 Å². The van der Waals surface area contributed by atoms with Crippen molar-refractivity contribution in [3.63, 3.8) is 0 Å². The molecule has 3 aromatic rings. The summed E-state index contributed by atoms with van der Waals surface area (Å²) >= 11 is 0. The van der Waals surface area contributed by atoms with Gasteiger partial charge >= 0.3 is 6.18 Å². The maximum absolute atomic E-state index is 13.9. The molecule has 1 spiro atoms. The minimum Gasteiger partial charge on any atom is -0.374 e. The monoisotopic (exact) mass is 666 g/mol. The molecule has 0 bridgehead atoms. The van der Waals surface area contributed by atoms with E-state index in [1.165, 1.54) is 18.1 Å². The fraction of sp³-hybridized carbons (Fsp3) is 0.441. The molecule has 2 aromatic carbocycles. The van der Waals surface area contributed by atoms with Crippen molar-refractivity contribution in [1.82, 2.24) is 30.2 Å². The van der Waals surface area contributed by atoms with Crippen molar-refractivity contribution < 1.29 is 37.1 Å². The summed E-state index contributed by atoms with van der Waals surface area (Å²) in [7, 11) is 1.43. The molecule has 2 N–H and O–H groups in total. The van der Waals surface area contributed by atoms with Crippen molar-refractivity contribution >= 4 is 23.6 Å².